The highest BCUT2D eigenvalue weighted by molar-refractivity contribution is 5.44. The lowest BCUT2D eigenvalue weighted by molar-refractivity contribution is 0.274. The minimum absolute atomic E-state index is 0.0901. The van der Waals surface area contributed by atoms with Gasteiger partial charge in [-0.05, 0) is 12.1 Å². The van der Waals surface area contributed by atoms with Gasteiger partial charge in [0.25, 0.3) is 5.56 Å². The lowest BCUT2D eigenvalue weighted by Crippen LogP contribution is -2.15. The molecular formula is C13H13NO3. The van der Waals surface area contributed by atoms with Gasteiger partial charge in [0.15, 0.2) is 0 Å². The second-order valence-electron chi connectivity index (χ2n) is 3.56. The zero-order valence-corrected chi connectivity index (χ0v) is 9.46. The molecule has 1 aromatic carbocycles. The molecule has 0 fully saturated rings. The Bertz CT molecular complexity index is 575. The fourth-order valence-corrected chi connectivity index (χ4v) is 1.65. The van der Waals surface area contributed by atoms with E-state index in [9.17, 15) is 4.79 Å². The zero-order valence-electron chi connectivity index (χ0n) is 9.46. The van der Waals surface area contributed by atoms with E-state index < -0.39 is 0 Å². The van der Waals surface area contributed by atoms with Crippen LogP contribution in [0.3, 0.4) is 0 Å². The standard InChI is InChI=1S/C13H13NO3/c1-17-12-8-11(6-5-10(12)9-15)14-7-3-2-4-13(14)16/h2-8,15H,9H2,1H3. The van der Waals surface area contributed by atoms with Gasteiger partial charge in [-0.3, -0.25) is 9.36 Å². The molecule has 0 amide bonds. The minimum Gasteiger partial charge on any atom is -0.496 e. The number of ether oxygens (including phenoxy) is 1. The lowest BCUT2D eigenvalue weighted by atomic mass is 10.2. The van der Waals surface area contributed by atoms with Crippen molar-refractivity contribution in [3.63, 3.8) is 0 Å². The van der Waals surface area contributed by atoms with Crippen LogP contribution in [0.5, 0.6) is 5.75 Å². The van der Waals surface area contributed by atoms with Crippen molar-refractivity contribution in [2.24, 2.45) is 0 Å². The van der Waals surface area contributed by atoms with Crippen LogP contribution in [-0.2, 0) is 6.61 Å². The fourth-order valence-electron chi connectivity index (χ4n) is 1.65. The zero-order chi connectivity index (χ0) is 12.3. The van der Waals surface area contributed by atoms with Crippen molar-refractivity contribution in [3.05, 3.63) is 58.5 Å². The first-order chi connectivity index (χ1) is 8.26. The summed E-state index contributed by atoms with van der Waals surface area (Å²) in [4.78, 5) is 11.6. The highest BCUT2D eigenvalue weighted by Crippen LogP contribution is 2.21. The second kappa shape index (κ2) is 4.84. The largest absolute Gasteiger partial charge is 0.496 e. The highest BCUT2D eigenvalue weighted by Gasteiger charge is 2.05. The fraction of sp³-hybridized carbons (Fsp3) is 0.154. The molecule has 88 valence electrons. The Morgan fingerprint density at radius 1 is 1.29 bits per heavy atom. The van der Waals surface area contributed by atoms with Crippen molar-refractivity contribution in [2.75, 3.05) is 7.11 Å². The maximum Gasteiger partial charge on any atom is 0.255 e. The number of aromatic nitrogens is 1. The van der Waals surface area contributed by atoms with E-state index in [0.717, 1.165) is 0 Å². The van der Waals surface area contributed by atoms with Gasteiger partial charge in [-0.1, -0.05) is 12.1 Å². The van der Waals surface area contributed by atoms with Gasteiger partial charge in [0.2, 0.25) is 0 Å². The van der Waals surface area contributed by atoms with E-state index in [1.165, 1.54) is 17.7 Å². The summed E-state index contributed by atoms with van der Waals surface area (Å²) in [6.45, 7) is -0.0901. The SMILES string of the molecule is COc1cc(-n2ccccc2=O)ccc1CO. The molecular weight excluding hydrogens is 218 g/mol. The molecule has 0 unspecified atom stereocenters. The number of benzene rings is 1. The van der Waals surface area contributed by atoms with Crippen LogP contribution in [0.2, 0.25) is 0 Å². The Balaban J connectivity index is 2.54. The Kier molecular flexibility index (Phi) is 3.25. The molecule has 2 rings (SSSR count). The molecule has 0 spiro atoms. The van der Waals surface area contributed by atoms with Crippen molar-refractivity contribution in [2.45, 2.75) is 6.61 Å². The van der Waals surface area contributed by atoms with Crippen LogP contribution in [0.15, 0.2) is 47.4 Å². The van der Waals surface area contributed by atoms with Gasteiger partial charge >= 0.3 is 0 Å². The number of rotatable bonds is 3. The van der Waals surface area contributed by atoms with Crippen LogP contribution in [-0.4, -0.2) is 16.8 Å². The number of pyridine rings is 1. The normalized spacial score (nSPS) is 10.2. The Labute approximate surface area is 98.7 Å². The van der Waals surface area contributed by atoms with E-state index in [0.29, 0.717) is 17.0 Å². The van der Waals surface area contributed by atoms with Crippen LogP contribution < -0.4 is 10.3 Å². The van der Waals surface area contributed by atoms with Gasteiger partial charge in [0.1, 0.15) is 5.75 Å². The van der Waals surface area contributed by atoms with Crippen LogP contribution in [0, 0.1) is 0 Å². The quantitative estimate of drug-likeness (QED) is 0.867. The summed E-state index contributed by atoms with van der Waals surface area (Å²) in [6, 6.07) is 10.2. The average molecular weight is 231 g/mol. The van der Waals surface area contributed by atoms with E-state index >= 15 is 0 Å². The second-order valence-corrected chi connectivity index (χ2v) is 3.56. The summed E-state index contributed by atoms with van der Waals surface area (Å²) < 4.78 is 6.68. The Hall–Kier alpha value is -2.07. The summed E-state index contributed by atoms with van der Waals surface area (Å²) in [7, 11) is 1.53. The molecule has 0 aliphatic rings. The maximum atomic E-state index is 11.6. The summed E-state index contributed by atoms with van der Waals surface area (Å²) in [5.74, 6) is 0.570. The Morgan fingerprint density at radius 3 is 2.76 bits per heavy atom. The molecule has 0 saturated carbocycles. The number of aliphatic hydroxyl groups excluding tert-OH is 1. The summed E-state index contributed by atoms with van der Waals surface area (Å²) in [5, 5.41) is 9.12. The van der Waals surface area contributed by atoms with Crippen LogP contribution in [0.1, 0.15) is 5.56 Å². The molecule has 0 saturated heterocycles. The van der Waals surface area contributed by atoms with Gasteiger partial charge < -0.3 is 9.84 Å². The highest BCUT2D eigenvalue weighted by atomic mass is 16.5. The molecule has 0 bridgehead atoms. The number of methoxy groups -OCH3 is 1. The summed E-state index contributed by atoms with van der Waals surface area (Å²) >= 11 is 0. The van der Waals surface area contributed by atoms with Crippen LogP contribution in [0.4, 0.5) is 0 Å². The molecule has 4 nitrogen and oxygen atoms in total. The van der Waals surface area contributed by atoms with Gasteiger partial charge in [-0.25, -0.2) is 0 Å². The molecule has 1 heterocycles. The Morgan fingerprint density at radius 2 is 2.12 bits per heavy atom. The third kappa shape index (κ3) is 2.21. The van der Waals surface area contributed by atoms with Crippen molar-refractivity contribution >= 4 is 0 Å². The number of nitrogens with zero attached hydrogens (tertiary/aromatic N) is 1. The molecule has 1 N–H and O–H groups in total. The maximum absolute atomic E-state index is 11.6. The smallest absolute Gasteiger partial charge is 0.255 e. The average Bonchev–Trinajstić information content (AvgIpc) is 2.38. The van der Waals surface area contributed by atoms with Crippen LogP contribution >= 0.6 is 0 Å². The van der Waals surface area contributed by atoms with E-state index in [4.69, 9.17) is 9.84 Å². The van der Waals surface area contributed by atoms with Crippen molar-refractivity contribution in [1.29, 1.82) is 0 Å². The topological polar surface area (TPSA) is 51.5 Å². The molecule has 1 aromatic heterocycles. The van der Waals surface area contributed by atoms with E-state index in [1.54, 1.807) is 36.5 Å². The molecule has 17 heavy (non-hydrogen) atoms. The number of hydrogen-bond donors (Lipinski definition) is 1. The van der Waals surface area contributed by atoms with Gasteiger partial charge in [-0.15, -0.1) is 0 Å². The van der Waals surface area contributed by atoms with Crippen molar-refractivity contribution < 1.29 is 9.84 Å². The summed E-state index contributed by atoms with van der Waals surface area (Å²) in [6.07, 6.45) is 1.69. The van der Waals surface area contributed by atoms with Crippen molar-refractivity contribution in [3.8, 4) is 11.4 Å². The first-order valence-corrected chi connectivity index (χ1v) is 5.22. The molecule has 0 aliphatic heterocycles. The first kappa shape index (κ1) is 11.4. The third-order valence-corrected chi connectivity index (χ3v) is 2.54. The molecule has 2 aromatic rings. The number of aliphatic hydroxyl groups is 1. The molecule has 0 radical (unpaired) electrons. The monoisotopic (exact) mass is 231 g/mol. The summed E-state index contributed by atoms with van der Waals surface area (Å²) in [5.41, 5.74) is 1.30. The molecule has 4 heteroatoms. The van der Waals surface area contributed by atoms with Gasteiger partial charge in [0, 0.05) is 23.9 Å². The van der Waals surface area contributed by atoms with Crippen molar-refractivity contribution in [1.82, 2.24) is 4.57 Å². The van der Waals surface area contributed by atoms with E-state index in [2.05, 4.69) is 0 Å². The predicted octanol–water partition coefficient (Wildman–Crippen LogP) is 1.34. The molecule has 0 atom stereocenters. The van der Waals surface area contributed by atoms with Gasteiger partial charge in [0.05, 0.1) is 19.4 Å². The molecule has 0 aliphatic carbocycles. The predicted molar refractivity (Wildman–Crippen MR) is 64.5 cm³/mol. The minimum atomic E-state index is -0.105. The number of hydrogen-bond acceptors (Lipinski definition) is 3. The third-order valence-electron chi connectivity index (χ3n) is 2.54. The van der Waals surface area contributed by atoms with E-state index in [-0.39, 0.29) is 12.2 Å². The first-order valence-electron chi connectivity index (χ1n) is 5.22. The van der Waals surface area contributed by atoms with Crippen LogP contribution in [0.25, 0.3) is 5.69 Å². The lowest BCUT2D eigenvalue weighted by Gasteiger charge is -2.10. The van der Waals surface area contributed by atoms with E-state index in [1.807, 2.05) is 0 Å². The van der Waals surface area contributed by atoms with Gasteiger partial charge in [-0.2, -0.15) is 0 Å².